The first-order valence-electron chi connectivity index (χ1n) is 1.78. The normalized spacial score (nSPS) is 7.86. The topological polar surface area (TPSA) is 43.1 Å². The van der Waals surface area contributed by atoms with Crippen molar-refractivity contribution in [2.75, 3.05) is 0 Å². The molecular formula is C3H8NNaO2. The maximum absolute atomic E-state index is 9.50. The molecule has 0 heterocycles. The van der Waals surface area contributed by atoms with Gasteiger partial charge in [0.1, 0.15) is 0 Å². The zero-order chi connectivity index (χ0) is 5.15. The monoisotopic (exact) mass is 113 g/mol. The van der Waals surface area contributed by atoms with Crippen LogP contribution in [0.3, 0.4) is 0 Å². The number of rotatable bonds is 1. The Bertz CT molecular complexity index is 68.3. The fourth-order valence-electron chi connectivity index (χ4n) is 0. The summed E-state index contributed by atoms with van der Waals surface area (Å²) in [6.07, 6.45) is 0. The molecule has 0 aromatic carbocycles. The van der Waals surface area contributed by atoms with E-state index in [1.165, 1.54) is 0 Å². The van der Waals surface area contributed by atoms with Gasteiger partial charge in [0.25, 0.3) is 0 Å². The van der Waals surface area contributed by atoms with E-state index in [2.05, 4.69) is 0 Å². The van der Waals surface area contributed by atoms with Gasteiger partial charge in [0, 0.05) is 18.8 Å². The van der Waals surface area contributed by atoms with E-state index in [4.69, 9.17) is 0 Å². The second-order valence-corrected chi connectivity index (χ2v) is 1.38. The summed E-state index contributed by atoms with van der Waals surface area (Å²) < 4.78 is 0. The Morgan fingerprint density at radius 2 is 1.86 bits per heavy atom. The number of nitro groups is 1. The van der Waals surface area contributed by atoms with Crippen LogP contribution in [0.2, 0.25) is 0 Å². The van der Waals surface area contributed by atoms with Crippen LogP contribution >= 0.6 is 0 Å². The summed E-state index contributed by atoms with van der Waals surface area (Å²) >= 11 is 0. The zero-order valence-corrected chi connectivity index (χ0v) is 6.84. The Morgan fingerprint density at radius 3 is 1.86 bits per heavy atom. The molecule has 4 heteroatoms. The molecule has 0 aromatic heterocycles. The van der Waals surface area contributed by atoms with Gasteiger partial charge in [0.15, 0.2) is 0 Å². The Kier molecular flexibility index (Phi) is 6.77. The predicted octanol–water partition coefficient (Wildman–Crippen LogP) is -2.21. The third kappa shape index (κ3) is 6.40. The summed E-state index contributed by atoms with van der Waals surface area (Å²) in [5, 5.41) is 9.50. The molecule has 0 saturated heterocycles. The van der Waals surface area contributed by atoms with Crippen molar-refractivity contribution in [1.29, 1.82) is 0 Å². The van der Waals surface area contributed by atoms with Gasteiger partial charge in [-0.25, -0.2) is 0 Å². The molecule has 0 saturated carbocycles. The number of nitrogens with zero attached hydrogens (tertiary/aromatic N) is 1. The zero-order valence-electron chi connectivity index (χ0n) is 5.84. The molecule has 0 rings (SSSR count). The largest absolute Gasteiger partial charge is 1.00 e. The van der Waals surface area contributed by atoms with E-state index in [1.807, 2.05) is 0 Å². The first-order valence-corrected chi connectivity index (χ1v) is 1.78. The second kappa shape index (κ2) is 4.56. The van der Waals surface area contributed by atoms with E-state index in [-0.39, 0.29) is 35.9 Å². The molecule has 0 aliphatic carbocycles. The van der Waals surface area contributed by atoms with Gasteiger partial charge in [0.05, 0.1) is 0 Å². The SMILES string of the molecule is CC(C)[N+](=O)[O-].[H-].[Na+]. The van der Waals surface area contributed by atoms with E-state index < -0.39 is 6.04 Å². The smallest absolute Gasteiger partial charge is 1.00 e. The molecule has 0 radical (unpaired) electrons. The Labute approximate surface area is 66.0 Å². The van der Waals surface area contributed by atoms with Crippen molar-refractivity contribution in [2.24, 2.45) is 0 Å². The molecule has 3 nitrogen and oxygen atoms in total. The fourth-order valence-corrected chi connectivity index (χ4v) is 0. The molecule has 0 bridgehead atoms. The van der Waals surface area contributed by atoms with Gasteiger partial charge < -0.3 is 1.43 Å². The summed E-state index contributed by atoms with van der Waals surface area (Å²) in [4.78, 5) is 9.17. The van der Waals surface area contributed by atoms with E-state index in [1.54, 1.807) is 13.8 Å². The van der Waals surface area contributed by atoms with Crippen molar-refractivity contribution in [3.63, 3.8) is 0 Å². The number of hydrogen-bond acceptors (Lipinski definition) is 2. The van der Waals surface area contributed by atoms with Gasteiger partial charge >= 0.3 is 29.6 Å². The van der Waals surface area contributed by atoms with Crippen LogP contribution in [0.25, 0.3) is 0 Å². The molecule has 0 aliphatic heterocycles. The summed E-state index contributed by atoms with van der Waals surface area (Å²) in [7, 11) is 0. The Hall–Kier alpha value is 0.400. The summed E-state index contributed by atoms with van der Waals surface area (Å²) in [6.45, 7) is 3.08. The van der Waals surface area contributed by atoms with Crippen molar-refractivity contribution < 1.29 is 35.9 Å². The van der Waals surface area contributed by atoms with Crippen molar-refractivity contribution >= 4 is 0 Å². The molecular weight excluding hydrogens is 105 g/mol. The van der Waals surface area contributed by atoms with Crippen LogP contribution < -0.4 is 29.6 Å². The minimum Gasteiger partial charge on any atom is -1.00 e. The molecule has 0 aromatic rings. The van der Waals surface area contributed by atoms with E-state index >= 15 is 0 Å². The maximum Gasteiger partial charge on any atom is 1.00 e. The second-order valence-electron chi connectivity index (χ2n) is 1.38. The predicted molar refractivity (Wildman–Crippen MR) is 23.2 cm³/mol. The minimum absolute atomic E-state index is 0. The van der Waals surface area contributed by atoms with Gasteiger partial charge in [-0.3, -0.25) is 10.1 Å². The molecule has 38 valence electrons. The average molecular weight is 113 g/mol. The molecule has 7 heavy (non-hydrogen) atoms. The molecule has 0 amide bonds. The van der Waals surface area contributed by atoms with Gasteiger partial charge in [-0.05, 0) is 0 Å². The quantitative estimate of drug-likeness (QED) is 0.220. The maximum atomic E-state index is 9.50. The molecule has 0 unspecified atom stereocenters. The van der Waals surface area contributed by atoms with Gasteiger partial charge in [-0.1, -0.05) is 0 Å². The molecule has 0 fully saturated rings. The first kappa shape index (κ1) is 10.4. The standard InChI is InChI=1S/C3H7NO2.Na.H/c1-3(2)4(5)6;;/h3H,1-2H3;;/q;+1;-1. The Morgan fingerprint density at radius 1 is 1.71 bits per heavy atom. The van der Waals surface area contributed by atoms with Crippen molar-refractivity contribution in [2.45, 2.75) is 19.9 Å². The first-order chi connectivity index (χ1) is 2.64. The van der Waals surface area contributed by atoms with Gasteiger partial charge in [0.2, 0.25) is 6.04 Å². The molecule has 0 N–H and O–H groups in total. The van der Waals surface area contributed by atoms with Gasteiger partial charge in [-0.15, -0.1) is 0 Å². The number of hydrogen-bond donors (Lipinski definition) is 0. The molecule has 0 aliphatic rings. The van der Waals surface area contributed by atoms with Crippen LogP contribution in [0.5, 0.6) is 0 Å². The molecule has 0 spiro atoms. The van der Waals surface area contributed by atoms with Crippen LogP contribution in [-0.4, -0.2) is 11.0 Å². The van der Waals surface area contributed by atoms with E-state index in [0.717, 1.165) is 0 Å². The average Bonchev–Trinajstić information content (AvgIpc) is 1.36. The summed E-state index contributed by atoms with van der Waals surface area (Å²) in [6, 6.07) is -0.426. The minimum atomic E-state index is -0.426. The fraction of sp³-hybridized carbons (Fsp3) is 1.00. The third-order valence-electron chi connectivity index (χ3n) is 0.422. The van der Waals surface area contributed by atoms with Crippen LogP contribution in [0.4, 0.5) is 0 Å². The van der Waals surface area contributed by atoms with Crippen molar-refractivity contribution in [3.8, 4) is 0 Å². The summed E-state index contributed by atoms with van der Waals surface area (Å²) in [5.41, 5.74) is 0. The van der Waals surface area contributed by atoms with E-state index in [0.29, 0.717) is 0 Å². The summed E-state index contributed by atoms with van der Waals surface area (Å²) in [5.74, 6) is 0. The van der Waals surface area contributed by atoms with Crippen LogP contribution in [-0.2, 0) is 0 Å². The van der Waals surface area contributed by atoms with Crippen molar-refractivity contribution in [3.05, 3.63) is 10.1 Å². The van der Waals surface area contributed by atoms with Crippen LogP contribution in [0, 0.1) is 10.1 Å². The van der Waals surface area contributed by atoms with Crippen LogP contribution in [0.15, 0.2) is 0 Å². The van der Waals surface area contributed by atoms with Crippen molar-refractivity contribution in [1.82, 2.24) is 0 Å². The Balaban J connectivity index is -0.000000125. The van der Waals surface area contributed by atoms with Gasteiger partial charge in [-0.2, -0.15) is 0 Å². The van der Waals surface area contributed by atoms with Crippen LogP contribution in [0.1, 0.15) is 15.3 Å². The third-order valence-corrected chi connectivity index (χ3v) is 0.422. The molecule has 0 atom stereocenters. The van der Waals surface area contributed by atoms with E-state index in [9.17, 15) is 10.1 Å².